The van der Waals surface area contributed by atoms with Crippen molar-refractivity contribution in [1.82, 2.24) is 15.1 Å². The maximum atomic E-state index is 11.1. The molecule has 0 bridgehead atoms. The Morgan fingerprint density at radius 2 is 2.32 bits per heavy atom. The molecule has 5 nitrogen and oxygen atoms in total. The number of nitrogens with one attached hydrogen (secondary N) is 1. The van der Waals surface area contributed by atoms with Crippen LogP contribution in [-0.4, -0.2) is 28.9 Å². The lowest BCUT2D eigenvalue weighted by Crippen LogP contribution is -2.17. The number of aromatic nitrogens is 2. The van der Waals surface area contributed by atoms with Gasteiger partial charge in [0, 0.05) is 25.2 Å². The Hall–Kier alpha value is -1.36. The molecule has 19 heavy (non-hydrogen) atoms. The Balaban J connectivity index is 2.16. The molecule has 1 aromatic rings. The molecule has 0 spiro atoms. The van der Waals surface area contributed by atoms with Crippen molar-refractivity contribution >= 4 is 5.97 Å². The van der Waals surface area contributed by atoms with Gasteiger partial charge in [-0.15, -0.1) is 0 Å². The van der Waals surface area contributed by atoms with Gasteiger partial charge in [0.05, 0.1) is 12.3 Å². The van der Waals surface area contributed by atoms with Crippen molar-refractivity contribution in [2.45, 2.75) is 52.6 Å². The molecule has 1 N–H and O–H groups in total. The molecule has 1 rings (SSSR count). The predicted molar refractivity (Wildman–Crippen MR) is 74.8 cm³/mol. The second-order valence-electron chi connectivity index (χ2n) is 4.63. The molecule has 0 aliphatic heterocycles. The normalized spacial score (nSPS) is 12.4. The number of hydrogen-bond acceptors (Lipinski definition) is 4. The van der Waals surface area contributed by atoms with Crippen LogP contribution in [0.3, 0.4) is 0 Å². The highest BCUT2D eigenvalue weighted by atomic mass is 16.5. The lowest BCUT2D eigenvalue weighted by molar-refractivity contribution is -0.143. The van der Waals surface area contributed by atoms with Gasteiger partial charge >= 0.3 is 5.97 Å². The van der Waals surface area contributed by atoms with Crippen LogP contribution in [0.2, 0.25) is 0 Å². The Morgan fingerprint density at radius 1 is 1.53 bits per heavy atom. The summed E-state index contributed by atoms with van der Waals surface area (Å²) in [4.78, 5) is 11.1. The lowest BCUT2D eigenvalue weighted by Gasteiger charge is -2.08. The van der Waals surface area contributed by atoms with E-state index in [0.29, 0.717) is 19.1 Å². The van der Waals surface area contributed by atoms with E-state index in [1.165, 1.54) is 0 Å². The van der Waals surface area contributed by atoms with E-state index in [4.69, 9.17) is 4.74 Å². The molecule has 0 radical (unpaired) electrons. The SMILES string of the molecule is CCOC(=O)CCCNCc1ccn(C(C)CC)n1. The maximum Gasteiger partial charge on any atom is 0.305 e. The number of hydrogen-bond donors (Lipinski definition) is 1. The fourth-order valence-electron chi connectivity index (χ4n) is 1.71. The largest absolute Gasteiger partial charge is 0.466 e. The van der Waals surface area contributed by atoms with Crippen LogP contribution in [0.5, 0.6) is 0 Å². The number of rotatable bonds is 9. The van der Waals surface area contributed by atoms with Crippen molar-refractivity contribution < 1.29 is 9.53 Å². The summed E-state index contributed by atoms with van der Waals surface area (Å²) in [7, 11) is 0. The third-order valence-electron chi connectivity index (χ3n) is 3.05. The molecule has 1 heterocycles. The predicted octanol–water partition coefficient (Wildman–Crippen LogP) is 2.29. The van der Waals surface area contributed by atoms with Crippen LogP contribution in [0.25, 0.3) is 0 Å². The minimum atomic E-state index is -0.120. The Labute approximate surface area is 115 Å². The highest BCUT2D eigenvalue weighted by molar-refractivity contribution is 5.69. The van der Waals surface area contributed by atoms with Crippen molar-refractivity contribution in [3.8, 4) is 0 Å². The van der Waals surface area contributed by atoms with Crippen LogP contribution in [0.4, 0.5) is 0 Å². The van der Waals surface area contributed by atoms with E-state index in [1.807, 2.05) is 23.9 Å². The Bertz CT molecular complexity index is 377. The van der Waals surface area contributed by atoms with Gasteiger partial charge in [-0.1, -0.05) is 6.92 Å². The van der Waals surface area contributed by atoms with Gasteiger partial charge in [0.1, 0.15) is 0 Å². The summed E-state index contributed by atoms with van der Waals surface area (Å²) in [6.07, 6.45) is 4.37. The summed E-state index contributed by atoms with van der Waals surface area (Å²) in [6.45, 7) is 8.13. The second kappa shape index (κ2) is 8.69. The molecule has 0 saturated carbocycles. The average Bonchev–Trinajstić information content (AvgIpc) is 2.86. The fraction of sp³-hybridized carbons (Fsp3) is 0.714. The van der Waals surface area contributed by atoms with E-state index in [0.717, 1.165) is 31.6 Å². The molecule has 0 aliphatic carbocycles. The molecule has 0 amide bonds. The topological polar surface area (TPSA) is 56.1 Å². The molecule has 5 heteroatoms. The fourth-order valence-corrected chi connectivity index (χ4v) is 1.71. The highest BCUT2D eigenvalue weighted by Crippen LogP contribution is 2.08. The van der Waals surface area contributed by atoms with E-state index in [-0.39, 0.29) is 5.97 Å². The number of esters is 1. The standard InChI is InChI=1S/C14H25N3O2/c1-4-12(3)17-10-8-13(16-17)11-15-9-6-7-14(18)19-5-2/h8,10,12,15H,4-7,9,11H2,1-3H3. The van der Waals surface area contributed by atoms with Gasteiger partial charge in [-0.3, -0.25) is 9.48 Å². The van der Waals surface area contributed by atoms with Gasteiger partial charge < -0.3 is 10.1 Å². The van der Waals surface area contributed by atoms with Gasteiger partial charge in [0.2, 0.25) is 0 Å². The zero-order valence-corrected chi connectivity index (χ0v) is 12.2. The zero-order valence-electron chi connectivity index (χ0n) is 12.2. The lowest BCUT2D eigenvalue weighted by atomic mass is 10.3. The first kappa shape index (κ1) is 15.7. The van der Waals surface area contributed by atoms with E-state index in [1.54, 1.807) is 0 Å². The molecular formula is C14H25N3O2. The number of nitrogens with zero attached hydrogens (tertiary/aromatic N) is 2. The number of carbonyl (C=O) groups is 1. The summed E-state index contributed by atoms with van der Waals surface area (Å²) in [5.74, 6) is -0.120. The Kier molecular flexibility index (Phi) is 7.18. The third kappa shape index (κ3) is 5.87. The average molecular weight is 267 g/mol. The van der Waals surface area contributed by atoms with E-state index in [9.17, 15) is 4.79 Å². The van der Waals surface area contributed by atoms with Gasteiger partial charge in [-0.05, 0) is 39.3 Å². The molecule has 0 fully saturated rings. The monoisotopic (exact) mass is 267 g/mol. The zero-order chi connectivity index (χ0) is 14.1. The molecular weight excluding hydrogens is 242 g/mol. The first-order chi connectivity index (χ1) is 9.17. The van der Waals surface area contributed by atoms with Gasteiger partial charge in [0.25, 0.3) is 0 Å². The minimum absolute atomic E-state index is 0.120. The first-order valence-corrected chi connectivity index (χ1v) is 7.07. The molecule has 1 atom stereocenters. The van der Waals surface area contributed by atoms with Crippen LogP contribution in [0.1, 0.15) is 51.8 Å². The quantitative estimate of drug-likeness (QED) is 0.551. The molecule has 0 aromatic carbocycles. The van der Waals surface area contributed by atoms with Crippen molar-refractivity contribution in [1.29, 1.82) is 0 Å². The molecule has 1 aromatic heterocycles. The molecule has 1 unspecified atom stereocenters. The Morgan fingerprint density at radius 3 is 3.00 bits per heavy atom. The molecule has 108 valence electrons. The van der Waals surface area contributed by atoms with Crippen LogP contribution in [0, 0.1) is 0 Å². The van der Waals surface area contributed by atoms with Crippen LogP contribution in [-0.2, 0) is 16.1 Å². The van der Waals surface area contributed by atoms with Crippen molar-refractivity contribution in [3.05, 3.63) is 18.0 Å². The number of ether oxygens (including phenoxy) is 1. The maximum absolute atomic E-state index is 11.1. The minimum Gasteiger partial charge on any atom is -0.466 e. The van der Waals surface area contributed by atoms with Gasteiger partial charge in [-0.25, -0.2) is 0 Å². The third-order valence-corrected chi connectivity index (χ3v) is 3.05. The molecule has 0 saturated heterocycles. The van der Waals surface area contributed by atoms with Crippen molar-refractivity contribution in [2.24, 2.45) is 0 Å². The smallest absolute Gasteiger partial charge is 0.305 e. The summed E-state index contributed by atoms with van der Waals surface area (Å²) < 4.78 is 6.86. The summed E-state index contributed by atoms with van der Waals surface area (Å²) >= 11 is 0. The van der Waals surface area contributed by atoms with Crippen molar-refractivity contribution in [2.75, 3.05) is 13.2 Å². The summed E-state index contributed by atoms with van der Waals surface area (Å²) in [5.41, 5.74) is 1.04. The number of carbonyl (C=O) groups excluding carboxylic acids is 1. The van der Waals surface area contributed by atoms with E-state index < -0.39 is 0 Å². The van der Waals surface area contributed by atoms with Gasteiger partial charge in [0.15, 0.2) is 0 Å². The highest BCUT2D eigenvalue weighted by Gasteiger charge is 2.04. The second-order valence-corrected chi connectivity index (χ2v) is 4.63. The first-order valence-electron chi connectivity index (χ1n) is 7.07. The van der Waals surface area contributed by atoms with Crippen molar-refractivity contribution in [3.63, 3.8) is 0 Å². The van der Waals surface area contributed by atoms with Crippen LogP contribution >= 0.6 is 0 Å². The summed E-state index contributed by atoms with van der Waals surface area (Å²) in [6, 6.07) is 2.47. The van der Waals surface area contributed by atoms with Gasteiger partial charge in [-0.2, -0.15) is 5.10 Å². The van der Waals surface area contributed by atoms with Crippen LogP contribution < -0.4 is 5.32 Å². The van der Waals surface area contributed by atoms with E-state index >= 15 is 0 Å². The summed E-state index contributed by atoms with van der Waals surface area (Å²) in [5, 5.41) is 7.79. The molecule has 0 aliphatic rings. The van der Waals surface area contributed by atoms with E-state index in [2.05, 4.69) is 24.3 Å². The van der Waals surface area contributed by atoms with Crippen LogP contribution in [0.15, 0.2) is 12.3 Å².